The minimum Gasteiger partial charge on any atom is -0.488 e. The number of hydrogen-bond acceptors (Lipinski definition) is 4. The number of rotatable bonds is 11. The third-order valence-electron chi connectivity index (χ3n) is 3.67. The summed E-state index contributed by atoms with van der Waals surface area (Å²) >= 11 is 6.08. The molecule has 0 radical (unpaired) electrons. The van der Waals surface area contributed by atoms with Gasteiger partial charge in [0.25, 0.3) is 0 Å². The van der Waals surface area contributed by atoms with Crippen LogP contribution < -0.4 is 15.4 Å². The Labute approximate surface area is 177 Å². The van der Waals surface area contributed by atoms with Gasteiger partial charge in [0.05, 0.1) is 6.61 Å². The lowest BCUT2D eigenvalue weighted by Gasteiger charge is -2.13. The Hall–Kier alpha value is -1.08. The van der Waals surface area contributed by atoms with Crippen LogP contribution in [0.1, 0.15) is 17.5 Å². The van der Waals surface area contributed by atoms with E-state index >= 15 is 0 Å². The molecule has 0 aliphatic heterocycles. The first-order valence-electron chi connectivity index (χ1n) is 8.37. The zero-order valence-corrected chi connectivity index (χ0v) is 17.3. The van der Waals surface area contributed by atoms with Crippen LogP contribution in [-0.2, 0) is 13.2 Å². The molecule has 3 N–H and O–H groups in total. The van der Waals surface area contributed by atoms with E-state index in [0.717, 1.165) is 25.1 Å². The number of ether oxygens (including phenoxy) is 1. The summed E-state index contributed by atoms with van der Waals surface area (Å²) < 4.78 is 19.5. The highest BCUT2D eigenvalue weighted by atomic mass is 35.5. The number of aliphatic hydroxyl groups excluding tert-OH is 1. The summed E-state index contributed by atoms with van der Waals surface area (Å²) in [5, 5.41) is 15.8. The fourth-order valence-electron chi connectivity index (χ4n) is 2.36. The Balaban J connectivity index is 0.00000338. The van der Waals surface area contributed by atoms with Gasteiger partial charge in [-0.15, -0.1) is 24.8 Å². The topological polar surface area (TPSA) is 53.5 Å². The second kappa shape index (κ2) is 14.9. The van der Waals surface area contributed by atoms with Crippen LogP contribution in [0.5, 0.6) is 5.75 Å². The number of nitrogens with one attached hydrogen (secondary N) is 2. The van der Waals surface area contributed by atoms with E-state index < -0.39 is 0 Å². The van der Waals surface area contributed by atoms with Crippen molar-refractivity contribution in [1.82, 2.24) is 10.6 Å². The van der Waals surface area contributed by atoms with Gasteiger partial charge in [-0.3, -0.25) is 0 Å². The van der Waals surface area contributed by atoms with Gasteiger partial charge in [0.2, 0.25) is 0 Å². The van der Waals surface area contributed by atoms with Crippen LogP contribution in [-0.4, -0.2) is 31.3 Å². The lowest BCUT2D eigenvalue weighted by Crippen LogP contribution is -2.24. The standard InChI is InChI=1S/C19H24ClFN2O2.2ClH/c20-17-6-7-19(25-14-15-4-1-2-5-18(15)21)16(12-17)13-23-9-3-8-22-10-11-24;;/h1-2,4-7,12,22-24H,3,8-11,13-14H2;2*1H. The molecule has 152 valence electrons. The minimum atomic E-state index is -0.272. The SMILES string of the molecule is Cl.Cl.OCCNCCCNCc1cc(Cl)ccc1OCc1ccccc1F. The van der Waals surface area contributed by atoms with E-state index in [1.165, 1.54) is 6.07 Å². The van der Waals surface area contributed by atoms with Crippen molar-refractivity contribution in [3.63, 3.8) is 0 Å². The molecule has 0 saturated carbocycles. The van der Waals surface area contributed by atoms with Crippen molar-refractivity contribution in [2.24, 2.45) is 0 Å². The molecule has 0 spiro atoms. The van der Waals surface area contributed by atoms with Gasteiger partial charge in [0.15, 0.2) is 0 Å². The molecular weight excluding hydrogens is 414 g/mol. The first-order chi connectivity index (χ1) is 12.2. The number of aliphatic hydroxyl groups is 1. The van der Waals surface area contributed by atoms with Crippen molar-refractivity contribution in [3.8, 4) is 5.75 Å². The smallest absolute Gasteiger partial charge is 0.129 e. The molecule has 27 heavy (non-hydrogen) atoms. The second-order valence-electron chi connectivity index (χ2n) is 5.64. The van der Waals surface area contributed by atoms with Crippen LogP contribution in [0, 0.1) is 5.82 Å². The Kier molecular flexibility index (Phi) is 14.3. The van der Waals surface area contributed by atoms with Gasteiger partial charge in [-0.05, 0) is 43.8 Å². The van der Waals surface area contributed by atoms with Gasteiger partial charge in [-0.2, -0.15) is 0 Å². The van der Waals surface area contributed by atoms with Crippen molar-refractivity contribution in [2.45, 2.75) is 19.6 Å². The summed E-state index contributed by atoms with van der Waals surface area (Å²) in [6.45, 7) is 3.23. The van der Waals surface area contributed by atoms with E-state index in [9.17, 15) is 4.39 Å². The van der Waals surface area contributed by atoms with Gasteiger partial charge in [-0.25, -0.2) is 4.39 Å². The van der Waals surface area contributed by atoms with E-state index in [0.29, 0.717) is 29.4 Å². The van der Waals surface area contributed by atoms with Crippen LogP contribution in [0.2, 0.25) is 5.02 Å². The Bertz CT molecular complexity index is 663. The largest absolute Gasteiger partial charge is 0.488 e. The van der Waals surface area contributed by atoms with Crippen molar-refractivity contribution < 1.29 is 14.2 Å². The third kappa shape index (κ3) is 9.60. The summed E-state index contributed by atoms with van der Waals surface area (Å²) in [5.74, 6) is 0.421. The first kappa shape index (κ1) is 25.9. The summed E-state index contributed by atoms with van der Waals surface area (Å²) in [6, 6.07) is 12.0. The molecule has 2 aromatic rings. The van der Waals surface area contributed by atoms with E-state index in [1.54, 1.807) is 24.3 Å². The summed E-state index contributed by atoms with van der Waals surface area (Å²) in [4.78, 5) is 0. The molecule has 0 amide bonds. The molecule has 0 aliphatic carbocycles. The van der Waals surface area contributed by atoms with Gasteiger partial charge in [0, 0.05) is 29.2 Å². The van der Waals surface area contributed by atoms with Crippen molar-refractivity contribution in [1.29, 1.82) is 0 Å². The summed E-state index contributed by atoms with van der Waals surface area (Å²) in [6.07, 6.45) is 0.950. The molecule has 8 heteroatoms. The van der Waals surface area contributed by atoms with Crippen molar-refractivity contribution in [2.75, 3.05) is 26.2 Å². The zero-order valence-electron chi connectivity index (χ0n) is 14.9. The maximum atomic E-state index is 13.7. The normalized spacial score (nSPS) is 10.0. The van der Waals surface area contributed by atoms with Crippen molar-refractivity contribution in [3.05, 3.63) is 64.4 Å². The van der Waals surface area contributed by atoms with Crippen LogP contribution in [0.25, 0.3) is 0 Å². The highest BCUT2D eigenvalue weighted by molar-refractivity contribution is 6.30. The Morgan fingerprint density at radius 1 is 0.963 bits per heavy atom. The van der Waals surface area contributed by atoms with Crippen LogP contribution in [0.3, 0.4) is 0 Å². The minimum absolute atomic E-state index is 0. The quantitative estimate of drug-likeness (QED) is 0.464. The maximum Gasteiger partial charge on any atom is 0.129 e. The molecule has 0 aromatic heterocycles. The highest BCUT2D eigenvalue weighted by Crippen LogP contribution is 2.24. The number of hydrogen-bond donors (Lipinski definition) is 3. The lowest BCUT2D eigenvalue weighted by atomic mass is 10.2. The number of benzene rings is 2. The first-order valence-corrected chi connectivity index (χ1v) is 8.75. The molecular formula is C19H26Cl3FN2O2. The van der Waals surface area contributed by atoms with E-state index in [4.69, 9.17) is 21.4 Å². The Morgan fingerprint density at radius 2 is 1.70 bits per heavy atom. The molecule has 0 saturated heterocycles. The average molecular weight is 440 g/mol. The average Bonchev–Trinajstić information content (AvgIpc) is 2.61. The monoisotopic (exact) mass is 438 g/mol. The van der Waals surface area contributed by atoms with Crippen LogP contribution >= 0.6 is 36.4 Å². The maximum absolute atomic E-state index is 13.7. The summed E-state index contributed by atoms with van der Waals surface area (Å²) in [7, 11) is 0. The zero-order chi connectivity index (χ0) is 17.9. The van der Waals surface area contributed by atoms with Gasteiger partial charge >= 0.3 is 0 Å². The van der Waals surface area contributed by atoms with E-state index in [2.05, 4.69) is 10.6 Å². The van der Waals surface area contributed by atoms with E-state index in [1.807, 2.05) is 12.1 Å². The molecule has 4 nitrogen and oxygen atoms in total. The summed E-state index contributed by atoms with van der Waals surface area (Å²) in [5.41, 5.74) is 1.46. The van der Waals surface area contributed by atoms with E-state index in [-0.39, 0.29) is 43.8 Å². The van der Waals surface area contributed by atoms with Gasteiger partial charge < -0.3 is 20.5 Å². The van der Waals surface area contributed by atoms with Crippen LogP contribution in [0.4, 0.5) is 4.39 Å². The molecule has 0 heterocycles. The fourth-order valence-corrected chi connectivity index (χ4v) is 2.56. The molecule has 0 atom stereocenters. The molecule has 0 bridgehead atoms. The molecule has 2 aromatic carbocycles. The fraction of sp³-hybridized carbons (Fsp3) is 0.368. The predicted molar refractivity (Wildman–Crippen MR) is 113 cm³/mol. The second-order valence-corrected chi connectivity index (χ2v) is 6.07. The van der Waals surface area contributed by atoms with Crippen LogP contribution in [0.15, 0.2) is 42.5 Å². The van der Waals surface area contributed by atoms with Gasteiger partial charge in [0.1, 0.15) is 18.2 Å². The van der Waals surface area contributed by atoms with Gasteiger partial charge in [-0.1, -0.05) is 29.8 Å². The molecule has 0 aliphatic rings. The predicted octanol–water partition coefficient (Wildman–Crippen LogP) is 3.96. The Morgan fingerprint density at radius 3 is 2.44 bits per heavy atom. The lowest BCUT2D eigenvalue weighted by molar-refractivity contribution is 0.291. The highest BCUT2D eigenvalue weighted by Gasteiger charge is 2.07. The molecule has 2 rings (SSSR count). The van der Waals surface area contributed by atoms with Crippen molar-refractivity contribution >= 4 is 36.4 Å². The molecule has 0 unspecified atom stereocenters. The third-order valence-corrected chi connectivity index (χ3v) is 3.91. The molecule has 0 fully saturated rings. The number of halogens is 4.